The summed E-state index contributed by atoms with van der Waals surface area (Å²) >= 11 is 5.91. The molecule has 0 atom stereocenters. The molecule has 1 amide bonds. The first-order valence-corrected chi connectivity index (χ1v) is 6.35. The molecule has 2 aromatic carbocycles. The van der Waals surface area contributed by atoms with Gasteiger partial charge in [0.25, 0.3) is 11.6 Å². The summed E-state index contributed by atoms with van der Waals surface area (Å²) in [6.07, 6.45) is 0. The van der Waals surface area contributed by atoms with Crippen LogP contribution in [0.3, 0.4) is 0 Å². The first kappa shape index (κ1) is 14.8. The van der Waals surface area contributed by atoms with Crippen LogP contribution in [0, 0.1) is 10.1 Å². The van der Waals surface area contributed by atoms with E-state index in [4.69, 9.17) is 16.3 Å². The lowest BCUT2D eigenvalue weighted by molar-refractivity contribution is -0.384. The van der Waals surface area contributed by atoms with Gasteiger partial charge < -0.3 is 10.1 Å². The number of hydrogen-bond donors (Lipinski definition) is 1. The molecule has 0 saturated carbocycles. The minimum atomic E-state index is -0.506. The number of nitrogens with one attached hydrogen (secondary N) is 1. The highest BCUT2D eigenvalue weighted by Gasteiger charge is 2.08. The zero-order valence-electron chi connectivity index (χ0n) is 10.8. The number of nitro benzene ring substituents is 1. The Morgan fingerprint density at radius 1 is 1.19 bits per heavy atom. The first-order chi connectivity index (χ1) is 10.1. The molecule has 1 N–H and O–H groups in total. The first-order valence-electron chi connectivity index (χ1n) is 5.98. The Hall–Kier alpha value is -2.60. The van der Waals surface area contributed by atoms with Crippen LogP contribution in [-0.4, -0.2) is 17.4 Å². The van der Waals surface area contributed by atoms with Gasteiger partial charge in [0.15, 0.2) is 6.61 Å². The number of hydrogen-bond acceptors (Lipinski definition) is 4. The van der Waals surface area contributed by atoms with Gasteiger partial charge in [-0.05, 0) is 24.3 Å². The second kappa shape index (κ2) is 6.71. The van der Waals surface area contributed by atoms with E-state index < -0.39 is 4.92 Å². The smallest absolute Gasteiger partial charge is 0.269 e. The molecule has 7 heteroatoms. The zero-order valence-corrected chi connectivity index (χ0v) is 11.5. The van der Waals surface area contributed by atoms with Gasteiger partial charge in [-0.2, -0.15) is 0 Å². The number of nitrogens with zero attached hydrogens (tertiary/aromatic N) is 1. The molecular formula is C14H11ClN2O4. The topological polar surface area (TPSA) is 81.5 Å². The number of halogens is 1. The molecule has 0 aliphatic carbocycles. The number of para-hydroxylation sites is 1. The van der Waals surface area contributed by atoms with Crippen molar-refractivity contribution in [1.82, 2.24) is 0 Å². The maximum atomic E-state index is 11.7. The van der Waals surface area contributed by atoms with Crippen LogP contribution in [0.5, 0.6) is 5.75 Å². The lowest BCUT2D eigenvalue weighted by Crippen LogP contribution is -2.20. The van der Waals surface area contributed by atoms with E-state index in [0.29, 0.717) is 16.5 Å². The number of nitro groups is 1. The highest BCUT2D eigenvalue weighted by molar-refractivity contribution is 6.33. The second-order valence-corrected chi connectivity index (χ2v) is 4.47. The van der Waals surface area contributed by atoms with Crippen LogP contribution in [0.2, 0.25) is 5.02 Å². The van der Waals surface area contributed by atoms with Gasteiger partial charge >= 0.3 is 0 Å². The van der Waals surface area contributed by atoms with Crippen LogP contribution >= 0.6 is 11.6 Å². The van der Waals surface area contributed by atoms with E-state index in [1.165, 1.54) is 24.3 Å². The molecule has 2 rings (SSSR count). The van der Waals surface area contributed by atoms with Crippen molar-refractivity contribution < 1.29 is 14.5 Å². The summed E-state index contributed by atoms with van der Waals surface area (Å²) in [5, 5.41) is 13.5. The van der Waals surface area contributed by atoms with E-state index in [9.17, 15) is 14.9 Å². The Bertz CT molecular complexity index is 658. The minimum absolute atomic E-state index is 0.0390. The molecule has 0 aliphatic rings. The molecular weight excluding hydrogens is 296 g/mol. The van der Waals surface area contributed by atoms with Crippen molar-refractivity contribution in [2.24, 2.45) is 0 Å². The molecule has 0 bridgehead atoms. The maximum Gasteiger partial charge on any atom is 0.269 e. The Morgan fingerprint density at radius 2 is 1.86 bits per heavy atom. The summed E-state index contributed by atoms with van der Waals surface area (Å²) in [7, 11) is 0. The Labute approximate surface area is 125 Å². The highest BCUT2D eigenvalue weighted by Crippen LogP contribution is 2.20. The molecule has 2 aromatic rings. The zero-order chi connectivity index (χ0) is 15.2. The Kier molecular flexibility index (Phi) is 4.73. The van der Waals surface area contributed by atoms with Gasteiger partial charge in [-0.1, -0.05) is 23.7 Å². The number of benzene rings is 2. The van der Waals surface area contributed by atoms with E-state index in [2.05, 4.69) is 5.32 Å². The fourth-order valence-electron chi connectivity index (χ4n) is 1.56. The average Bonchev–Trinajstić information content (AvgIpc) is 2.48. The fourth-order valence-corrected chi connectivity index (χ4v) is 1.74. The number of carbonyl (C=O) groups excluding carboxylic acids is 1. The van der Waals surface area contributed by atoms with E-state index in [1.54, 1.807) is 24.3 Å². The summed E-state index contributed by atoms with van der Waals surface area (Å²) in [5.74, 6) is -0.00337. The van der Waals surface area contributed by atoms with Crippen molar-refractivity contribution in [3.63, 3.8) is 0 Å². The van der Waals surface area contributed by atoms with E-state index in [-0.39, 0.29) is 18.2 Å². The second-order valence-electron chi connectivity index (χ2n) is 4.07. The lowest BCUT2D eigenvalue weighted by atomic mass is 10.3. The number of anilines is 1. The normalized spacial score (nSPS) is 9.95. The monoisotopic (exact) mass is 306 g/mol. The van der Waals surface area contributed by atoms with Crippen LogP contribution in [-0.2, 0) is 4.79 Å². The Morgan fingerprint density at radius 3 is 2.48 bits per heavy atom. The number of non-ortho nitro benzene ring substituents is 1. The molecule has 0 aromatic heterocycles. The van der Waals surface area contributed by atoms with E-state index >= 15 is 0 Å². The summed E-state index contributed by atoms with van der Waals surface area (Å²) < 4.78 is 5.24. The number of amides is 1. The molecule has 0 fully saturated rings. The van der Waals surface area contributed by atoms with Crippen LogP contribution < -0.4 is 10.1 Å². The van der Waals surface area contributed by atoms with Crippen LogP contribution in [0.15, 0.2) is 48.5 Å². The summed E-state index contributed by atoms with van der Waals surface area (Å²) in [6.45, 7) is -0.219. The SMILES string of the molecule is O=C(COc1ccc([N+](=O)[O-])cc1)Nc1ccccc1Cl. The van der Waals surface area contributed by atoms with Crippen molar-refractivity contribution in [2.45, 2.75) is 0 Å². The van der Waals surface area contributed by atoms with Crippen molar-refractivity contribution in [1.29, 1.82) is 0 Å². The summed E-state index contributed by atoms with van der Waals surface area (Å²) in [5.41, 5.74) is 0.458. The van der Waals surface area contributed by atoms with Gasteiger partial charge in [-0.3, -0.25) is 14.9 Å². The van der Waals surface area contributed by atoms with Gasteiger partial charge in [0.05, 0.1) is 15.6 Å². The third-order valence-corrected chi connectivity index (χ3v) is 2.90. The fraction of sp³-hybridized carbons (Fsp3) is 0.0714. The summed E-state index contributed by atoms with van der Waals surface area (Å²) in [4.78, 5) is 21.7. The predicted octanol–water partition coefficient (Wildman–Crippen LogP) is 3.27. The van der Waals surface area contributed by atoms with Crippen LogP contribution in [0.4, 0.5) is 11.4 Å². The molecule has 0 heterocycles. The average molecular weight is 307 g/mol. The van der Waals surface area contributed by atoms with Gasteiger partial charge in [0, 0.05) is 12.1 Å². The van der Waals surface area contributed by atoms with E-state index in [0.717, 1.165) is 0 Å². The van der Waals surface area contributed by atoms with Crippen molar-refractivity contribution >= 4 is 28.9 Å². The van der Waals surface area contributed by atoms with Crippen molar-refractivity contribution in [3.05, 3.63) is 63.7 Å². The van der Waals surface area contributed by atoms with Gasteiger partial charge in [0.2, 0.25) is 0 Å². The van der Waals surface area contributed by atoms with Gasteiger partial charge in [0.1, 0.15) is 5.75 Å². The third kappa shape index (κ3) is 4.19. The largest absolute Gasteiger partial charge is 0.484 e. The summed E-state index contributed by atoms with van der Waals surface area (Å²) in [6, 6.07) is 12.3. The molecule has 108 valence electrons. The molecule has 0 saturated heterocycles. The highest BCUT2D eigenvalue weighted by atomic mass is 35.5. The van der Waals surface area contributed by atoms with Crippen molar-refractivity contribution in [2.75, 3.05) is 11.9 Å². The molecule has 21 heavy (non-hydrogen) atoms. The molecule has 0 spiro atoms. The number of rotatable bonds is 5. The third-order valence-electron chi connectivity index (χ3n) is 2.57. The van der Waals surface area contributed by atoms with Crippen LogP contribution in [0.25, 0.3) is 0 Å². The van der Waals surface area contributed by atoms with Gasteiger partial charge in [-0.25, -0.2) is 0 Å². The number of ether oxygens (including phenoxy) is 1. The lowest BCUT2D eigenvalue weighted by Gasteiger charge is -2.08. The molecule has 6 nitrogen and oxygen atoms in total. The molecule has 0 aliphatic heterocycles. The quantitative estimate of drug-likeness (QED) is 0.679. The predicted molar refractivity (Wildman–Crippen MR) is 78.7 cm³/mol. The number of carbonyl (C=O) groups is 1. The van der Waals surface area contributed by atoms with Gasteiger partial charge in [-0.15, -0.1) is 0 Å². The minimum Gasteiger partial charge on any atom is -0.484 e. The van der Waals surface area contributed by atoms with E-state index in [1.807, 2.05) is 0 Å². The van der Waals surface area contributed by atoms with Crippen LogP contribution in [0.1, 0.15) is 0 Å². The maximum absolute atomic E-state index is 11.7. The molecule has 0 radical (unpaired) electrons. The standard InChI is InChI=1S/C14H11ClN2O4/c15-12-3-1-2-4-13(12)16-14(18)9-21-11-7-5-10(6-8-11)17(19)20/h1-8H,9H2,(H,16,18). The Balaban J connectivity index is 1.89. The molecule has 0 unspecified atom stereocenters. The van der Waals surface area contributed by atoms with Crippen molar-refractivity contribution in [3.8, 4) is 5.75 Å².